The number of amides is 1. The lowest BCUT2D eigenvalue weighted by atomic mass is 10.2. The van der Waals surface area contributed by atoms with Gasteiger partial charge in [-0.3, -0.25) is 14.9 Å². The minimum absolute atomic E-state index is 0.0930. The van der Waals surface area contributed by atoms with Gasteiger partial charge in [0.1, 0.15) is 5.58 Å². The molecule has 7 nitrogen and oxygen atoms in total. The Labute approximate surface area is 154 Å². The summed E-state index contributed by atoms with van der Waals surface area (Å²) in [4.78, 5) is 22.3. The third kappa shape index (κ3) is 3.86. The fourth-order valence-corrected chi connectivity index (χ4v) is 2.63. The van der Waals surface area contributed by atoms with Crippen LogP contribution in [0.3, 0.4) is 0 Å². The molecule has 0 saturated heterocycles. The molecule has 3 aromatic rings. The van der Waals surface area contributed by atoms with E-state index in [1.54, 1.807) is 18.2 Å². The van der Waals surface area contributed by atoms with Crippen LogP contribution in [0.1, 0.15) is 16.1 Å². The molecule has 1 aromatic heterocycles. The van der Waals surface area contributed by atoms with Gasteiger partial charge in [-0.2, -0.15) is 5.10 Å². The summed E-state index contributed by atoms with van der Waals surface area (Å²) < 4.78 is 6.31. The predicted octanol–water partition coefficient (Wildman–Crippen LogP) is 4.52. The van der Waals surface area contributed by atoms with E-state index in [2.05, 4.69) is 26.5 Å². The van der Waals surface area contributed by atoms with Crippen molar-refractivity contribution in [3.05, 3.63) is 73.4 Å². The molecule has 9 heteroatoms. The number of non-ortho nitro benzene ring substituents is 1. The summed E-state index contributed by atoms with van der Waals surface area (Å²) in [7, 11) is 0. The molecule has 25 heavy (non-hydrogen) atoms. The third-order valence-corrected chi connectivity index (χ3v) is 4.10. The van der Waals surface area contributed by atoms with Crippen molar-refractivity contribution in [1.82, 2.24) is 5.43 Å². The third-order valence-electron chi connectivity index (χ3n) is 3.26. The number of carbonyl (C=O) groups excluding carboxylic acids is 1. The molecule has 0 aliphatic rings. The lowest BCUT2D eigenvalue weighted by Crippen LogP contribution is -2.16. The van der Waals surface area contributed by atoms with Crippen LogP contribution in [0.25, 0.3) is 11.0 Å². The van der Waals surface area contributed by atoms with E-state index >= 15 is 0 Å². The van der Waals surface area contributed by atoms with Gasteiger partial charge in [-0.25, -0.2) is 5.43 Å². The Balaban J connectivity index is 1.76. The highest BCUT2D eigenvalue weighted by Crippen LogP contribution is 2.23. The number of rotatable bonds is 4. The molecule has 3 rings (SSSR count). The number of hydrogen-bond acceptors (Lipinski definition) is 5. The summed E-state index contributed by atoms with van der Waals surface area (Å²) in [5.41, 5.74) is 3.05. The van der Waals surface area contributed by atoms with Crippen LogP contribution in [-0.2, 0) is 0 Å². The molecule has 1 heterocycles. The van der Waals surface area contributed by atoms with Crippen molar-refractivity contribution in [2.75, 3.05) is 0 Å². The Morgan fingerprint density at radius 1 is 1.28 bits per heavy atom. The first-order valence-corrected chi connectivity index (χ1v) is 8.07. The van der Waals surface area contributed by atoms with Crippen molar-refractivity contribution < 1.29 is 14.1 Å². The van der Waals surface area contributed by atoms with Gasteiger partial charge < -0.3 is 4.42 Å². The molecule has 0 radical (unpaired) electrons. The smallest absolute Gasteiger partial charge is 0.307 e. The maximum absolute atomic E-state index is 12.1. The summed E-state index contributed by atoms with van der Waals surface area (Å²) in [5, 5.41) is 15.6. The van der Waals surface area contributed by atoms with Crippen LogP contribution in [0, 0.1) is 10.1 Å². The second-order valence-electron chi connectivity index (χ2n) is 4.95. The molecule has 0 bridgehead atoms. The Bertz CT molecular complexity index is 1020. The highest BCUT2D eigenvalue weighted by Gasteiger charge is 2.12. The summed E-state index contributed by atoms with van der Waals surface area (Å²) >= 11 is 9.30. The molecule has 0 aliphatic carbocycles. The number of halogens is 2. The van der Waals surface area contributed by atoms with E-state index in [4.69, 9.17) is 16.0 Å². The quantitative estimate of drug-likeness (QED) is 0.380. The molecule has 126 valence electrons. The van der Waals surface area contributed by atoms with Gasteiger partial charge in [0, 0.05) is 32.6 Å². The minimum Gasteiger partial charge on any atom is -0.451 e. The van der Waals surface area contributed by atoms with E-state index in [1.165, 1.54) is 24.4 Å². The summed E-state index contributed by atoms with van der Waals surface area (Å²) in [6.07, 6.45) is 1.23. The Hall–Kier alpha value is -2.71. The lowest BCUT2D eigenvalue weighted by Gasteiger charge is -1.98. The van der Waals surface area contributed by atoms with E-state index in [9.17, 15) is 14.9 Å². The van der Waals surface area contributed by atoms with Crippen molar-refractivity contribution in [3.63, 3.8) is 0 Å². The zero-order valence-corrected chi connectivity index (χ0v) is 14.7. The average molecular weight is 423 g/mol. The minimum atomic E-state index is -0.551. The molecule has 1 N–H and O–H groups in total. The number of fused-ring (bicyclic) bond motifs is 1. The van der Waals surface area contributed by atoms with Gasteiger partial charge in [-0.05, 0) is 30.3 Å². The monoisotopic (exact) mass is 421 g/mol. The van der Waals surface area contributed by atoms with Gasteiger partial charge in [-0.1, -0.05) is 27.5 Å². The van der Waals surface area contributed by atoms with Crippen LogP contribution >= 0.6 is 27.5 Å². The predicted molar refractivity (Wildman–Crippen MR) is 97.1 cm³/mol. The van der Waals surface area contributed by atoms with Crippen LogP contribution < -0.4 is 5.43 Å². The van der Waals surface area contributed by atoms with E-state index in [0.717, 1.165) is 9.86 Å². The van der Waals surface area contributed by atoms with E-state index in [1.807, 2.05) is 6.07 Å². The van der Waals surface area contributed by atoms with Gasteiger partial charge in [0.05, 0.1) is 11.1 Å². The second-order valence-corrected chi connectivity index (χ2v) is 6.28. The van der Waals surface area contributed by atoms with Gasteiger partial charge in [0.25, 0.3) is 5.69 Å². The topological polar surface area (TPSA) is 97.7 Å². The molecule has 0 unspecified atom stereocenters. The van der Waals surface area contributed by atoms with E-state index in [0.29, 0.717) is 11.1 Å². The number of furan rings is 1. The van der Waals surface area contributed by atoms with Crippen molar-refractivity contribution in [1.29, 1.82) is 0 Å². The van der Waals surface area contributed by atoms with E-state index in [-0.39, 0.29) is 16.5 Å². The normalized spacial score (nSPS) is 11.1. The van der Waals surface area contributed by atoms with Crippen molar-refractivity contribution in [2.45, 2.75) is 0 Å². The van der Waals surface area contributed by atoms with E-state index < -0.39 is 10.8 Å². The van der Waals surface area contributed by atoms with Gasteiger partial charge in [-0.15, -0.1) is 0 Å². The van der Waals surface area contributed by atoms with Crippen molar-refractivity contribution in [2.24, 2.45) is 5.10 Å². The number of nitrogens with zero attached hydrogens (tertiary/aromatic N) is 2. The zero-order chi connectivity index (χ0) is 18.0. The molecular weight excluding hydrogens is 414 g/mol. The lowest BCUT2D eigenvalue weighted by molar-refractivity contribution is -0.384. The number of nitro groups is 1. The van der Waals surface area contributed by atoms with Crippen molar-refractivity contribution in [3.8, 4) is 0 Å². The number of hydrazone groups is 1. The molecule has 0 fully saturated rings. The highest BCUT2D eigenvalue weighted by atomic mass is 79.9. The van der Waals surface area contributed by atoms with Crippen LogP contribution in [0.15, 0.2) is 56.5 Å². The molecule has 0 spiro atoms. The first-order chi connectivity index (χ1) is 11.9. The molecule has 2 aromatic carbocycles. The standard InChI is InChI=1S/C16H9BrClN3O4/c17-11-1-4-14-9(5-11)7-15(25-14)16(22)20-19-8-10-6-12(21(23)24)2-3-13(10)18/h1-8H,(H,20,22)/b19-8+. The van der Waals surface area contributed by atoms with Crippen LogP contribution in [0.2, 0.25) is 5.02 Å². The summed E-state index contributed by atoms with van der Waals surface area (Å²) in [6, 6.07) is 10.9. The molecular formula is C16H9BrClN3O4. The number of carbonyl (C=O) groups is 1. The Morgan fingerprint density at radius 2 is 2.08 bits per heavy atom. The SMILES string of the molecule is O=C(N/N=C/c1cc([N+](=O)[O-])ccc1Cl)c1cc2cc(Br)ccc2o1. The fraction of sp³-hybridized carbons (Fsp3) is 0. The average Bonchev–Trinajstić information content (AvgIpc) is 2.99. The first-order valence-electron chi connectivity index (χ1n) is 6.90. The zero-order valence-electron chi connectivity index (χ0n) is 12.4. The summed E-state index contributed by atoms with van der Waals surface area (Å²) in [6.45, 7) is 0. The van der Waals surface area contributed by atoms with Crippen LogP contribution in [0.4, 0.5) is 5.69 Å². The van der Waals surface area contributed by atoms with Gasteiger partial charge in [0.2, 0.25) is 0 Å². The highest BCUT2D eigenvalue weighted by molar-refractivity contribution is 9.10. The number of hydrogen-bond donors (Lipinski definition) is 1. The van der Waals surface area contributed by atoms with Crippen LogP contribution in [0.5, 0.6) is 0 Å². The molecule has 0 aliphatic heterocycles. The van der Waals surface area contributed by atoms with Gasteiger partial charge in [0.15, 0.2) is 5.76 Å². The second kappa shape index (κ2) is 7.04. The fourth-order valence-electron chi connectivity index (χ4n) is 2.09. The van der Waals surface area contributed by atoms with Crippen LogP contribution in [-0.4, -0.2) is 17.0 Å². The Kier molecular flexibility index (Phi) is 4.82. The van der Waals surface area contributed by atoms with Crippen molar-refractivity contribution >= 4 is 56.3 Å². The maximum Gasteiger partial charge on any atom is 0.307 e. The number of benzene rings is 2. The largest absolute Gasteiger partial charge is 0.451 e. The first kappa shape index (κ1) is 17.1. The number of nitrogens with one attached hydrogen (secondary N) is 1. The maximum atomic E-state index is 12.1. The molecule has 0 saturated carbocycles. The number of nitro benzene ring substituents is 1. The van der Waals surface area contributed by atoms with Gasteiger partial charge >= 0.3 is 5.91 Å². The Morgan fingerprint density at radius 3 is 2.84 bits per heavy atom. The summed E-state index contributed by atoms with van der Waals surface area (Å²) in [5.74, 6) is -0.458. The molecule has 1 amide bonds. The molecule has 0 atom stereocenters.